The Morgan fingerprint density at radius 2 is 2.05 bits per heavy atom. The smallest absolute Gasteiger partial charge is 0.185 e. The molecule has 5 nitrogen and oxygen atoms in total. The summed E-state index contributed by atoms with van der Waals surface area (Å²) in [6, 6.07) is 7.18. The highest BCUT2D eigenvalue weighted by atomic mass is 32.2. The SMILES string of the molecule is CC(=O)SCC(O)C(O)c1ccc(-n2ccnc2)cc1. The summed E-state index contributed by atoms with van der Waals surface area (Å²) in [5.41, 5.74) is 1.54. The van der Waals surface area contributed by atoms with Gasteiger partial charge in [-0.1, -0.05) is 23.9 Å². The second kappa shape index (κ2) is 6.69. The van der Waals surface area contributed by atoms with Gasteiger partial charge in [0.05, 0.1) is 12.4 Å². The zero-order valence-electron chi connectivity index (χ0n) is 11.0. The molecule has 106 valence electrons. The fraction of sp³-hybridized carbons (Fsp3) is 0.286. The van der Waals surface area contributed by atoms with Crippen molar-refractivity contribution in [2.45, 2.75) is 19.1 Å². The molecule has 6 heteroatoms. The Balaban J connectivity index is 2.03. The fourth-order valence-corrected chi connectivity index (χ4v) is 2.36. The summed E-state index contributed by atoms with van der Waals surface area (Å²) in [5.74, 6) is 0.180. The van der Waals surface area contributed by atoms with Crippen LogP contribution in [0.2, 0.25) is 0 Å². The average molecular weight is 292 g/mol. The molecule has 2 rings (SSSR count). The predicted octanol–water partition coefficient (Wildman–Crippen LogP) is 1.55. The number of thioether (sulfide) groups is 1. The van der Waals surface area contributed by atoms with E-state index in [9.17, 15) is 15.0 Å². The summed E-state index contributed by atoms with van der Waals surface area (Å²) in [7, 11) is 0. The van der Waals surface area contributed by atoms with Crippen LogP contribution in [0.4, 0.5) is 0 Å². The van der Waals surface area contributed by atoms with E-state index in [4.69, 9.17) is 0 Å². The molecule has 2 N–H and O–H groups in total. The lowest BCUT2D eigenvalue weighted by molar-refractivity contribution is -0.109. The Bertz CT molecular complexity index is 554. The zero-order chi connectivity index (χ0) is 14.5. The summed E-state index contributed by atoms with van der Waals surface area (Å²) in [6.45, 7) is 1.43. The number of hydrogen-bond donors (Lipinski definition) is 2. The highest BCUT2D eigenvalue weighted by Gasteiger charge is 2.19. The molecule has 1 aromatic carbocycles. The van der Waals surface area contributed by atoms with Crippen LogP contribution in [0.25, 0.3) is 5.69 Å². The van der Waals surface area contributed by atoms with Crippen LogP contribution >= 0.6 is 11.8 Å². The normalized spacial score (nSPS) is 13.9. The molecule has 0 saturated carbocycles. The minimum Gasteiger partial charge on any atom is -0.389 e. The van der Waals surface area contributed by atoms with Crippen molar-refractivity contribution in [3.05, 3.63) is 48.5 Å². The Kier molecular flexibility index (Phi) is 4.94. The van der Waals surface area contributed by atoms with E-state index in [1.807, 2.05) is 22.9 Å². The third-order valence-corrected chi connectivity index (χ3v) is 3.77. The molecule has 0 aliphatic rings. The van der Waals surface area contributed by atoms with Crippen LogP contribution < -0.4 is 0 Å². The lowest BCUT2D eigenvalue weighted by Gasteiger charge is -2.17. The van der Waals surface area contributed by atoms with Gasteiger partial charge in [0.1, 0.15) is 6.10 Å². The number of aromatic nitrogens is 2. The maximum Gasteiger partial charge on any atom is 0.185 e. The molecule has 1 heterocycles. The van der Waals surface area contributed by atoms with E-state index in [2.05, 4.69) is 4.98 Å². The highest BCUT2D eigenvalue weighted by molar-refractivity contribution is 8.13. The average Bonchev–Trinajstić information content (AvgIpc) is 2.98. The Morgan fingerprint density at radius 1 is 1.35 bits per heavy atom. The van der Waals surface area contributed by atoms with Crippen LogP contribution in [0.5, 0.6) is 0 Å². The first kappa shape index (κ1) is 14.8. The lowest BCUT2D eigenvalue weighted by Crippen LogP contribution is -2.21. The summed E-state index contributed by atoms with van der Waals surface area (Å²) < 4.78 is 1.85. The van der Waals surface area contributed by atoms with Crippen molar-refractivity contribution >= 4 is 16.9 Å². The molecule has 2 aromatic rings. The van der Waals surface area contributed by atoms with Crippen LogP contribution in [0.1, 0.15) is 18.6 Å². The fourth-order valence-electron chi connectivity index (χ4n) is 1.77. The molecular weight excluding hydrogens is 276 g/mol. The third kappa shape index (κ3) is 3.69. The van der Waals surface area contributed by atoms with E-state index >= 15 is 0 Å². The monoisotopic (exact) mass is 292 g/mol. The van der Waals surface area contributed by atoms with Gasteiger partial charge >= 0.3 is 0 Å². The van der Waals surface area contributed by atoms with E-state index in [1.54, 1.807) is 24.7 Å². The molecule has 2 atom stereocenters. The number of nitrogens with zero attached hydrogens (tertiary/aromatic N) is 2. The number of rotatable bonds is 5. The maximum atomic E-state index is 10.8. The van der Waals surface area contributed by atoms with E-state index in [0.29, 0.717) is 5.56 Å². The van der Waals surface area contributed by atoms with Gasteiger partial charge in [-0.15, -0.1) is 0 Å². The number of aliphatic hydroxyl groups excluding tert-OH is 2. The van der Waals surface area contributed by atoms with Crippen LogP contribution in [-0.4, -0.2) is 36.7 Å². The van der Waals surface area contributed by atoms with Gasteiger partial charge in [-0.2, -0.15) is 0 Å². The van der Waals surface area contributed by atoms with Gasteiger partial charge in [0.15, 0.2) is 5.12 Å². The molecule has 20 heavy (non-hydrogen) atoms. The molecule has 0 fully saturated rings. The Morgan fingerprint density at radius 3 is 2.60 bits per heavy atom. The van der Waals surface area contributed by atoms with Gasteiger partial charge in [0.25, 0.3) is 0 Å². The molecule has 0 radical (unpaired) electrons. The quantitative estimate of drug-likeness (QED) is 0.874. The van der Waals surface area contributed by atoms with Gasteiger partial charge in [0, 0.05) is 30.8 Å². The molecule has 0 aliphatic heterocycles. The second-order valence-corrected chi connectivity index (χ2v) is 5.57. The number of hydrogen-bond acceptors (Lipinski definition) is 5. The zero-order valence-corrected chi connectivity index (χ0v) is 11.8. The van der Waals surface area contributed by atoms with Gasteiger partial charge in [0.2, 0.25) is 0 Å². The third-order valence-electron chi connectivity index (χ3n) is 2.86. The molecule has 0 bridgehead atoms. The molecule has 2 unspecified atom stereocenters. The number of carbonyl (C=O) groups excluding carboxylic acids is 1. The summed E-state index contributed by atoms with van der Waals surface area (Å²) >= 11 is 1.00. The summed E-state index contributed by atoms with van der Waals surface area (Å²) in [5, 5.41) is 19.8. The van der Waals surface area contributed by atoms with Crippen LogP contribution in [0.3, 0.4) is 0 Å². The highest BCUT2D eigenvalue weighted by Crippen LogP contribution is 2.21. The summed E-state index contributed by atoms with van der Waals surface area (Å²) in [6.07, 6.45) is 3.22. The van der Waals surface area contributed by atoms with E-state index in [0.717, 1.165) is 17.4 Å². The van der Waals surface area contributed by atoms with E-state index in [1.165, 1.54) is 6.92 Å². The van der Waals surface area contributed by atoms with Crippen molar-refractivity contribution in [1.29, 1.82) is 0 Å². The summed E-state index contributed by atoms with van der Waals surface area (Å²) in [4.78, 5) is 14.8. The minimum absolute atomic E-state index is 0.0771. The van der Waals surface area contributed by atoms with Gasteiger partial charge in [-0.3, -0.25) is 4.79 Å². The standard InChI is InChI=1S/C14H16N2O3S/c1-10(17)20-8-13(18)14(19)11-2-4-12(5-3-11)16-7-6-15-9-16/h2-7,9,13-14,18-19H,8H2,1H3. The van der Waals surface area contributed by atoms with Gasteiger partial charge in [-0.05, 0) is 17.7 Å². The molecule has 0 saturated heterocycles. The van der Waals surface area contributed by atoms with Crippen molar-refractivity contribution in [3.63, 3.8) is 0 Å². The molecule has 0 spiro atoms. The van der Waals surface area contributed by atoms with Crippen LogP contribution in [0, 0.1) is 0 Å². The van der Waals surface area contributed by atoms with Crippen molar-refractivity contribution < 1.29 is 15.0 Å². The van der Waals surface area contributed by atoms with Crippen LogP contribution in [0.15, 0.2) is 43.0 Å². The molecule has 0 aliphatic carbocycles. The van der Waals surface area contributed by atoms with Gasteiger partial charge in [-0.25, -0.2) is 4.98 Å². The predicted molar refractivity (Wildman–Crippen MR) is 77.7 cm³/mol. The first-order valence-electron chi connectivity index (χ1n) is 6.15. The lowest BCUT2D eigenvalue weighted by atomic mass is 10.1. The molecular formula is C14H16N2O3S. The van der Waals surface area contributed by atoms with Crippen LogP contribution in [-0.2, 0) is 4.79 Å². The maximum absolute atomic E-state index is 10.8. The number of benzene rings is 1. The largest absolute Gasteiger partial charge is 0.389 e. The first-order chi connectivity index (χ1) is 9.58. The van der Waals surface area contributed by atoms with E-state index < -0.39 is 12.2 Å². The van der Waals surface area contributed by atoms with E-state index in [-0.39, 0.29) is 10.9 Å². The second-order valence-electron chi connectivity index (χ2n) is 4.38. The number of aliphatic hydroxyl groups is 2. The minimum atomic E-state index is -1.00. The topological polar surface area (TPSA) is 75.3 Å². The van der Waals surface area contributed by atoms with Gasteiger partial charge < -0.3 is 14.8 Å². The van der Waals surface area contributed by atoms with Crippen molar-refractivity contribution in [1.82, 2.24) is 9.55 Å². The van der Waals surface area contributed by atoms with Crippen molar-refractivity contribution in [2.24, 2.45) is 0 Å². The molecule has 1 aromatic heterocycles. The van der Waals surface area contributed by atoms with Crippen molar-refractivity contribution in [2.75, 3.05) is 5.75 Å². The molecule has 0 amide bonds. The number of carbonyl (C=O) groups is 1. The van der Waals surface area contributed by atoms with Crippen molar-refractivity contribution in [3.8, 4) is 5.69 Å². The number of imidazole rings is 1. The first-order valence-corrected chi connectivity index (χ1v) is 7.14. The Labute approximate surface area is 121 Å². The Hall–Kier alpha value is -1.63.